The molecule has 1 atom stereocenters. The summed E-state index contributed by atoms with van der Waals surface area (Å²) in [6.45, 7) is 1.97. The van der Waals surface area contributed by atoms with Gasteiger partial charge >= 0.3 is 0 Å². The van der Waals surface area contributed by atoms with Gasteiger partial charge in [-0.05, 0) is 53.6 Å². The molecule has 6 nitrogen and oxygen atoms in total. The summed E-state index contributed by atoms with van der Waals surface area (Å²) >= 11 is 12.3. The molecule has 0 aliphatic heterocycles. The molecule has 1 unspecified atom stereocenters. The Kier molecular flexibility index (Phi) is 7.82. The summed E-state index contributed by atoms with van der Waals surface area (Å²) in [6, 6.07) is 21.3. The molecule has 0 radical (unpaired) electrons. The average molecular weight is 571 g/mol. The molecular formula is C32H29Cl2N5O. The van der Waals surface area contributed by atoms with E-state index in [9.17, 15) is 4.79 Å². The molecule has 0 fully saturated rings. The predicted molar refractivity (Wildman–Crippen MR) is 159 cm³/mol. The average Bonchev–Trinajstić information content (AvgIpc) is 3.39. The number of nitrogens with zero attached hydrogens (tertiary/aromatic N) is 3. The number of hydrogen-bond acceptors (Lipinski definition) is 4. The lowest BCUT2D eigenvalue weighted by Crippen LogP contribution is -2.31. The van der Waals surface area contributed by atoms with Gasteiger partial charge < -0.3 is 10.3 Å². The second-order valence-corrected chi connectivity index (χ2v) is 11.0. The van der Waals surface area contributed by atoms with Crippen LogP contribution < -0.4 is 5.32 Å². The number of H-pyrrole nitrogens is 1. The smallest absolute Gasteiger partial charge is 0.254 e. The lowest BCUT2D eigenvalue weighted by molar-refractivity contribution is 0.0951. The summed E-state index contributed by atoms with van der Waals surface area (Å²) < 4.78 is 0. The van der Waals surface area contributed by atoms with E-state index in [2.05, 4.69) is 81.0 Å². The van der Waals surface area contributed by atoms with Crippen LogP contribution in [0.3, 0.4) is 0 Å². The normalized spacial score (nSPS) is 14.8. The highest BCUT2D eigenvalue weighted by Crippen LogP contribution is 2.35. The summed E-state index contributed by atoms with van der Waals surface area (Å²) in [6.07, 6.45) is 10.2. The van der Waals surface area contributed by atoms with Crippen molar-refractivity contribution in [2.45, 2.75) is 44.9 Å². The van der Waals surface area contributed by atoms with Gasteiger partial charge in [-0.25, -0.2) is 0 Å². The molecule has 5 aromatic rings. The molecule has 8 heteroatoms. The first-order valence-electron chi connectivity index (χ1n) is 13.4. The van der Waals surface area contributed by atoms with Crippen LogP contribution in [0, 0.1) is 0 Å². The molecule has 1 amide bonds. The van der Waals surface area contributed by atoms with Crippen molar-refractivity contribution in [2.24, 2.45) is 0 Å². The zero-order chi connectivity index (χ0) is 27.5. The number of halogens is 2. The van der Waals surface area contributed by atoms with E-state index in [1.165, 1.54) is 40.2 Å². The number of nitrogens with one attached hydrogen (secondary N) is 2. The number of fused-ring (bicyclic) bond motifs is 2. The number of benzene rings is 2. The quantitative estimate of drug-likeness (QED) is 0.206. The molecule has 202 valence electrons. The van der Waals surface area contributed by atoms with E-state index in [0.717, 1.165) is 43.4 Å². The number of rotatable bonds is 8. The number of pyridine rings is 2. The number of para-hydroxylation sites is 1. The van der Waals surface area contributed by atoms with E-state index in [0.29, 0.717) is 6.54 Å². The van der Waals surface area contributed by atoms with Gasteiger partial charge in [-0.2, -0.15) is 0 Å². The van der Waals surface area contributed by atoms with Crippen LogP contribution in [0.25, 0.3) is 10.9 Å². The highest BCUT2D eigenvalue weighted by molar-refractivity contribution is 6.39. The minimum absolute atomic E-state index is 0.231. The summed E-state index contributed by atoms with van der Waals surface area (Å²) in [4.78, 5) is 27.4. The van der Waals surface area contributed by atoms with Crippen LogP contribution in [0.5, 0.6) is 0 Å². The SMILES string of the molecule is O=C(NCc1ccc(CN(Cc2c[nH]c3ccccc23)C2CCCc3cccnc32)cc1)c1c(Cl)cncc1Cl. The fourth-order valence-corrected chi connectivity index (χ4v) is 6.13. The molecule has 1 aliphatic rings. The van der Waals surface area contributed by atoms with Crippen molar-refractivity contribution in [1.29, 1.82) is 0 Å². The van der Waals surface area contributed by atoms with Crippen LogP contribution in [-0.4, -0.2) is 25.8 Å². The van der Waals surface area contributed by atoms with Crippen LogP contribution in [0.15, 0.2) is 85.5 Å². The minimum atomic E-state index is -0.324. The predicted octanol–water partition coefficient (Wildman–Crippen LogP) is 7.27. The number of carbonyl (C=O) groups is 1. The maximum atomic E-state index is 12.7. The maximum absolute atomic E-state index is 12.7. The van der Waals surface area contributed by atoms with Gasteiger partial charge in [0.15, 0.2) is 0 Å². The Balaban J connectivity index is 1.21. The number of hydrogen-bond donors (Lipinski definition) is 2. The summed E-state index contributed by atoms with van der Waals surface area (Å²) in [7, 11) is 0. The Morgan fingerprint density at radius 1 is 0.975 bits per heavy atom. The second-order valence-electron chi connectivity index (χ2n) is 10.2. The van der Waals surface area contributed by atoms with Crippen LogP contribution in [-0.2, 0) is 26.1 Å². The third-order valence-electron chi connectivity index (χ3n) is 7.60. The summed E-state index contributed by atoms with van der Waals surface area (Å²) in [5.74, 6) is -0.324. The topological polar surface area (TPSA) is 73.9 Å². The van der Waals surface area contributed by atoms with E-state index >= 15 is 0 Å². The number of amides is 1. The highest BCUT2D eigenvalue weighted by atomic mass is 35.5. The first kappa shape index (κ1) is 26.5. The van der Waals surface area contributed by atoms with Gasteiger partial charge in [-0.15, -0.1) is 0 Å². The van der Waals surface area contributed by atoms with Crippen molar-refractivity contribution in [3.8, 4) is 0 Å². The van der Waals surface area contributed by atoms with Crippen molar-refractivity contribution in [3.05, 3.63) is 129 Å². The minimum Gasteiger partial charge on any atom is -0.361 e. The lowest BCUT2D eigenvalue weighted by Gasteiger charge is -2.35. The van der Waals surface area contributed by atoms with Crippen LogP contribution in [0.4, 0.5) is 0 Å². The Hall–Kier alpha value is -3.71. The Morgan fingerprint density at radius 2 is 1.75 bits per heavy atom. The molecule has 0 saturated heterocycles. The molecule has 2 aromatic carbocycles. The second kappa shape index (κ2) is 11.8. The van der Waals surface area contributed by atoms with E-state index in [1.54, 1.807) is 0 Å². The summed E-state index contributed by atoms with van der Waals surface area (Å²) in [5.41, 5.74) is 7.42. The largest absolute Gasteiger partial charge is 0.361 e. The highest BCUT2D eigenvalue weighted by Gasteiger charge is 2.28. The Morgan fingerprint density at radius 3 is 2.58 bits per heavy atom. The number of aromatic nitrogens is 3. The molecule has 3 heterocycles. The molecule has 0 spiro atoms. The molecule has 2 N–H and O–H groups in total. The summed E-state index contributed by atoms with van der Waals surface area (Å²) in [5, 5.41) is 4.63. The first-order chi connectivity index (χ1) is 19.6. The molecule has 0 saturated carbocycles. The van der Waals surface area contributed by atoms with E-state index in [4.69, 9.17) is 28.2 Å². The fourth-order valence-electron chi connectivity index (χ4n) is 5.59. The van der Waals surface area contributed by atoms with E-state index < -0.39 is 0 Å². The van der Waals surface area contributed by atoms with Gasteiger partial charge in [-0.1, -0.05) is 71.7 Å². The van der Waals surface area contributed by atoms with Gasteiger partial charge in [0.05, 0.1) is 27.3 Å². The molecular weight excluding hydrogens is 541 g/mol. The third kappa shape index (κ3) is 5.61. The first-order valence-corrected chi connectivity index (χ1v) is 14.2. The standard InChI is InChI=1S/C32H29Cl2N5O/c33-26-17-35-18-27(34)30(26)32(40)38-15-21-10-12-22(13-11-21)19-39(20-24-16-37-28-8-2-1-7-25(24)28)29-9-3-5-23-6-4-14-36-31(23)29/h1-2,4,6-8,10-14,16-18,29,37H,3,5,9,15,19-20H2,(H,38,40). The van der Waals surface area contributed by atoms with E-state index in [1.807, 2.05) is 12.3 Å². The van der Waals surface area contributed by atoms with Crippen molar-refractivity contribution < 1.29 is 4.79 Å². The monoisotopic (exact) mass is 569 g/mol. The van der Waals surface area contributed by atoms with Crippen molar-refractivity contribution in [3.63, 3.8) is 0 Å². The van der Waals surface area contributed by atoms with Gasteiger partial charge in [0.1, 0.15) is 0 Å². The molecule has 6 rings (SSSR count). The van der Waals surface area contributed by atoms with Crippen LogP contribution in [0.2, 0.25) is 10.0 Å². The third-order valence-corrected chi connectivity index (χ3v) is 8.17. The van der Waals surface area contributed by atoms with E-state index in [-0.39, 0.29) is 27.6 Å². The van der Waals surface area contributed by atoms with Crippen molar-refractivity contribution in [2.75, 3.05) is 0 Å². The van der Waals surface area contributed by atoms with Gasteiger partial charge in [-0.3, -0.25) is 19.7 Å². The number of carbonyl (C=O) groups excluding carboxylic acids is 1. The lowest BCUT2D eigenvalue weighted by atomic mass is 9.90. The van der Waals surface area contributed by atoms with Gasteiger partial charge in [0, 0.05) is 55.3 Å². The Labute approximate surface area is 243 Å². The van der Waals surface area contributed by atoms with Crippen LogP contribution >= 0.6 is 23.2 Å². The number of aromatic amines is 1. The zero-order valence-corrected chi connectivity index (χ0v) is 23.4. The molecule has 1 aliphatic carbocycles. The molecule has 3 aromatic heterocycles. The van der Waals surface area contributed by atoms with Crippen molar-refractivity contribution >= 4 is 40.0 Å². The molecule has 40 heavy (non-hydrogen) atoms. The van der Waals surface area contributed by atoms with Gasteiger partial charge in [0.2, 0.25) is 0 Å². The van der Waals surface area contributed by atoms with Gasteiger partial charge in [0.25, 0.3) is 5.91 Å². The number of aryl methyl sites for hydroxylation is 1. The maximum Gasteiger partial charge on any atom is 0.254 e. The molecule has 0 bridgehead atoms. The fraction of sp³-hybridized carbons (Fsp3) is 0.219. The zero-order valence-electron chi connectivity index (χ0n) is 21.9. The Bertz CT molecular complexity index is 1630. The van der Waals surface area contributed by atoms with Crippen molar-refractivity contribution in [1.82, 2.24) is 25.2 Å². The van der Waals surface area contributed by atoms with Crippen LogP contribution in [0.1, 0.15) is 57.2 Å².